The molecule has 1 saturated carbocycles. The van der Waals surface area contributed by atoms with Gasteiger partial charge in [0.15, 0.2) is 5.78 Å². The number of aryl methyl sites for hydroxylation is 1. The highest BCUT2D eigenvalue weighted by molar-refractivity contribution is 7.88. The van der Waals surface area contributed by atoms with Crippen molar-refractivity contribution in [1.82, 2.24) is 19.3 Å². The van der Waals surface area contributed by atoms with Gasteiger partial charge in [-0.15, -0.1) is 0 Å². The summed E-state index contributed by atoms with van der Waals surface area (Å²) in [6, 6.07) is 3.34. The van der Waals surface area contributed by atoms with Gasteiger partial charge in [0.05, 0.1) is 17.5 Å². The molecule has 4 rings (SSSR count). The lowest BCUT2D eigenvalue weighted by Gasteiger charge is -2.26. The fraction of sp³-hybridized carbons (Fsp3) is 0.500. The van der Waals surface area contributed by atoms with Gasteiger partial charge in [-0.2, -0.15) is 0 Å². The molecule has 11 heteroatoms. The van der Waals surface area contributed by atoms with E-state index < -0.39 is 15.6 Å². The molecule has 3 heterocycles. The van der Waals surface area contributed by atoms with Crippen molar-refractivity contribution in [3.8, 4) is 0 Å². The lowest BCUT2D eigenvalue weighted by molar-refractivity contribution is 0.0970. The van der Waals surface area contributed by atoms with E-state index in [0.717, 1.165) is 37.5 Å². The highest BCUT2D eigenvalue weighted by atomic mass is 32.2. The minimum atomic E-state index is -3.25. The molecule has 10 nitrogen and oxygen atoms in total. The molecule has 3 N–H and O–H groups in total. The van der Waals surface area contributed by atoms with E-state index in [1.54, 1.807) is 16.7 Å². The van der Waals surface area contributed by atoms with Gasteiger partial charge in [-0.3, -0.25) is 14.2 Å². The number of ketones is 1. The first-order chi connectivity index (χ1) is 14.7. The predicted octanol–water partition coefficient (Wildman–Crippen LogP) is 1.51. The van der Waals surface area contributed by atoms with Crippen molar-refractivity contribution in [2.45, 2.75) is 44.6 Å². The second-order valence-corrected chi connectivity index (χ2v) is 10.1. The monoisotopic (exact) mass is 446 g/mol. The smallest absolute Gasteiger partial charge is 0.275 e. The summed E-state index contributed by atoms with van der Waals surface area (Å²) in [4.78, 5) is 34.3. The molecule has 0 radical (unpaired) electrons. The number of anilines is 3. The Kier molecular flexibility index (Phi) is 5.56. The summed E-state index contributed by atoms with van der Waals surface area (Å²) in [7, 11) is -3.25. The van der Waals surface area contributed by atoms with Gasteiger partial charge in [-0.25, -0.2) is 23.1 Å². The predicted molar refractivity (Wildman–Crippen MR) is 117 cm³/mol. The van der Waals surface area contributed by atoms with Crippen LogP contribution in [0.3, 0.4) is 0 Å². The van der Waals surface area contributed by atoms with Crippen LogP contribution in [0.5, 0.6) is 0 Å². The summed E-state index contributed by atoms with van der Waals surface area (Å²) < 4.78 is 26.4. The maximum Gasteiger partial charge on any atom is 0.275 e. The van der Waals surface area contributed by atoms with E-state index in [4.69, 9.17) is 0 Å². The highest BCUT2D eigenvalue weighted by Crippen LogP contribution is 2.45. The number of pyridine rings is 1. The van der Waals surface area contributed by atoms with Crippen molar-refractivity contribution in [3.05, 3.63) is 40.1 Å². The lowest BCUT2D eigenvalue weighted by atomic mass is 9.94. The van der Waals surface area contributed by atoms with Crippen LogP contribution in [0.15, 0.2) is 23.3 Å². The molecule has 2 aromatic heterocycles. The number of carbonyl (C=O) groups is 1. The molecular weight excluding hydrogens is 420 g/mol. The van der Waals surface area contributed by atoms with Crippen LogP contribution in [-0.4, -0.2) is 48.1 Å². The molecule has 2 aliphatic rings. The average molecular weight is 447 g/mol. The van der Waals surface area contributed by atoms with E-state index in [2.05, 4.69) is 25.3 Å². The normalized spacial score (nSPS) is 17.2. The average Bonchev–Trinajstić information content (AvgIpc) is 3.27. The molecule has 0 saturated heterocycles. The molecule has 0 aromatic carbocycles. The highest BCUT2D eigenvalue weighted by Gasteiger charge is 2.46. The molecule has 1 aliphatic carbocycles. The Labute approximate surface area is 180 Å². The Balaban J connectivity index is 1.56. The van der Waals surface area contributed by atoms with Crippen LogP contribution in [-0.2, 0) is 15.6 Å². The van der Waals surface area contributed by atoms with Gasteiger partial charge in [0.1, 0.15) is 23.7 Å². The third-order valence-electron chi connectivity index (χ3n) is 5.88. The maximum atomic E-state index is 13.3. The van der Waals surface area contributed by atoms with Crippen molar-refractivity contribution in [3.63, 3.8) is 0 Å². The van der Waals surface area contributed by atoms with Gasteiger partial charge < -0.3 is 10.6 Å². The molecule has 0 atom stereocenters. The van der Waals surface area contributed by atoms with Crippen LogP contribution in [0.25, 0.3) is 0 Å². The summed E-state index contributed by atoms with van der Waals surface area (Å²) in [5.41, 5.74) is 1.07. The third kappa shape index (κ3) is 4.33. The first kappa shape index (κ1) is 21.4. The van der Waals surface area contributed by atoms with Crippen LogP contribution in [0.1, 0.15) is 48.2 Å². The topological polar surface area (TPSA) is 135 Å². The second-order valence-electron chi connectivity index (χ2n) is 8.27. The Hall–Kier alpha value is -2.79. The molecule has 166 valence electrons. The van der Waals surface area contributed by atoms with E-state index in [0.29, 0.717) is 36.0 Å². The Morgan fingerprint density at radius 3 is 2.52 bits per heavy atom. The number of carbonyl (C=O) groups excluding carboxylic acids is 1. The van der Waals surface area contributed by atoms with E-state index in [9.17, 15) is 18.0 Å². The number of nitrogens with one attached hydrogen (secondary N) is 3. The second kappa shape index (κ2) is 8.04. The summed E-state index contributed by atoms with van der Waals surface area (Å²) in [5.74, 6) is 0.961. The van der Waals surface area contributed by atoms with Gasteiger partial charge in [0, 0.05) is 25.6 Å². The molecular formula is C20H26N6O4S. The zero-order valence-corrected chi connectivity index (χ0v) is 18.4. The Bertz CT molecular complexity index is 1180. The van der Waals surface area contributed by atoms with Crippen LogP contribution >= 0.6 is 0 Å². The quantitative estimate of drug-likeness (QED) is 0.545. The van der Waals surface area contributed by atoms with Crippen molar-refractivity contribution in [2.75, 3.05) is 30.0 Å². The molecule has 0 unspecified atom stereocenters. The zero-order chi connectivity index (χ0) is 22.2. The van der Waals surface area contributed by atoms with E-state index in [-0.39, 0.29) is 17.9 Å². The van der Waals surface area contributed by atoms with Crippen molar-refractivity contribution >= 4 is 33.1 Å². The fourth-order valence-corrected chi connectivity index (χ4v) is 5.09. The lowest BCUT2D eigenvalue weighted by Crippen LogP contribution is -2.37. The minimum absolute atomic E-state index is 0.0410. The first-order valence-electron chi connectivity index (χ1n) is 10.3. The number of aromatic nitrogens is 3. The number of hydrogen-bond donors (Lipinski definition) is 3. The van der Waals surface area contributed by atoms with Crippen LogP contribution in [0.2, 0.25) is 0 Å². The number of nitrogens with zero attached hydrogens (tertiary/aromatic N) is 3. The van der Waals surface area contributed by atoms with Gasteiger partial charge in [0.2, 0.25) is 10.0 Å². The van der Waals surface area contributed by atoms with E-state index in [1.165, 1.54) is 6.33 Å². The van der Waals surface area contributed by atoms with Crippen LogP contribution in [0.4, 0.5) is 17.3 Å². The van der Waals surface area contributed by atoms with Crippen molar-refractivity contribution < 1.29 is 13.2 Å². The van der Waals surface area contributed by atoms with Gasteiger partial charge in [0.25, 0.3) is 5.56 Å². The minimum Gasteiger partial charge on any atom is -0.369 e. The van der Waals surface area contributed by atoms with Crippen molar-refractivity contribution in [1.29, 1.82) is 0 Å². The van der Waals surface area contributed by atoms with Crippen LogP contribution in [0, 0.1) is 6.92 Å². The third-order valence-corrected chi connectivity index (χ3v) is 6.61. The van der Waals surface area contributed by atoms with Crippen LogP contribution < -0.4 is 20.9 Å². The molecule has 31 heavy (non-hydrogen) atoms. The number of fused-ring (bicyclic) bond motifs is 2. The first-order valence-corrected chi connectivity index (χ1v) is 12.2. The number of sulfonamides is 1. The number of hydrogen-bond acceptors (Lipinski definition) is 8. The van der Waals surface area contributed by atoms with E-state index >= 15 is 0 Å². The Morgan fingerprint density at radius 2 is 1.81 bits per heavy atom. The molecule has 0 bridgehead atoms. The maximum absolute atomic E-state index is 13.3. The SMILES string of the molecule is Cc1cc(Nc2cc(NCCNS(C)(=O)=O)ncn2)c(=O)n2c1C(=O)CC21CCCC1. The molecule has 1 spiro atoms. The summed E-state index contributed by atoms with van der Waals surface area (Å²) in [5, 5.41) is 6.08. The van der Waals surface area contributed by atoms with Gasteiger partial charge >= 0.3 is 0 Å². The van der Waals surface area contributed by atoms with Crippen molar-refractivity contribution in [2.24, 2.45) is 0 Å². The number of Topliss-reactive ketones (excluding diaryl/α,β-unsaturated/α-hetero) is 1. The van der Waals surface area contributed by atoms with Gasteiger partial charge in [-0.1, -0.05) is 12.8 Å². The molecule has 0 amide bonds. The molecule has 1 fully saturated rings. The zero-order valence-electron chi connectivity index (χ0n) is 17.6. The van der Waals surface area contributed by atoms with Gasteiger partial charge in [-0.05, 0) is 31.4 Å². The molecule has 1 aliphatic heterocycles. The fourth-order valence-electron chi connectivity index (χ4n) is 4.61. The number of rotatable bonds is 7. The Morgan fingerprint density at radius 1 is 1.10 bits per heavy atom. The standard InChI is InChI=1S/C20H26N6O4S/c1-13-9-14(19(28)26-18(13)15(27)11-20(26)5-3-4-6-20)25-17-10-16(22-12-23-17)21-7-8-24-31(2,29)30/h9-10,12,24H,3-8,11H2,1-2H3,(H2,21,22,23,25). The molecule has 2 aromatic rings. The van der Waals surface area contributed by atoms with E-state index in [1.807, 2.05) is 6.92 Å². The summed E-state index contributed by atoms with van der Waals surface area (Å²) in [6.07, 6.45) is 6.58. The summed E-state index contributed by atoms with van der Waals surface area (Å²) in [6.45, 7) is 2.41. The largest absolute Gasteiger partial charge is 0.369 e. The summed E-state index contributed by atoms with van der Waals surface area (Å²) >= 11 is 0.